The molecule has 11 heteroatoms. The molecule has 34 heavy (non-hydrogen) atoms. The highest BCUT2D eigenvalue weighted by Crippen LogP contribution is 2.24. The normalized spacial score (nSPS) is 18.6. The van der Waals surface area contributed by atoms with Crippen molar-refractivity contribution in [2.75, 3.05) is 45.9 Å². The van der Waals surface area contributed by atoms with E-state index in [1.165, 1.54) is 21.3 Å². The molecule has 0 N–H and O–H groups in total. The lowest BCUT2D eigenvalue weighted by molar-refractivity contribution is -0.158. The van der Waals surface area contributed by atoms with Gasteiger partial charge in [-0.25, -0.2) is 12.8 Å². The van der Waals surface area contributed by atoms with E-state index in [0.29, 0.717) is 25.9 Å². The van der Waals surface area contributed by atoms with Gasteiger partial charge in [0.2, 0.25) is 15.9 Å². The lowest BCUT2D eigenvalue weighted by Crippen LogP contribution is -2.51. The van der Waals surface area contributed by atoms with Crippen molar-refractivity contribution in [1.29, 1.82) is 0 Å². The zero-order chi connectivity index (χ0) is 25.1. The zero-order valence-corrected chi connectivity index (χ0v) is 20.6. The topological polar surface area (TPSA) is 104 Å². The summed E-state index contributed by atoms with van der Waals surface area (Å²) >= 11 is 0. The molecule has 9 nitrogen and oxygen atoms in total. The van der Waals surface area contributed by atoms with Crippen molar-refractivity contribution in [2.45, 2.75) is 38.5 Å². The highest BCUT2D eigenvalue weighted by atomic mass is 32.2. The van der Waals surface area contributed by atoms with Gasteiger partial charge in [-0.15, -0.1) is 0 Å². The highest BCUT2D eigenvalue weighted by molar-refractivity contribution is 7.89. The number of carbonyl (C=O) groups is 3. The first kappa shape index (κ1) is 26.1. The number of likely N-dealkylation sites (tertiary alicyclic amines) is 1. The molecule has 2 aliphatic heterocycles. The van der Waals surface area contributed by atoms with Gasteiger partial charge in [0.15, 0.2) is 6.61 Å². The third-order valence-corrected chi connectivity index (χ3v) is 8.05. The van der Waals surface area contributed by atoms with Gasteiger partial charge in [-0.2, -0.15) is 4.31 Å². The number of halogens is 1. The molecule has 2 aliphatic rings. The number of piperazine rings is 1. The van der Waals surface area contributed by atoms with Crippen LogP contribution in [0.5, 0.6) is 0 Å². The van der Waals surface area contributed by atoms with Crippen molar-refractivity contribution >= 4 is 27.8 Å². The van der Waals surface area contributed by atoms with Crippen LogP contribution < -0.4 is 0 Å². The summed E-state index contributed by atoms with van der Waals surface area (Å²) in [7, 11) is -3.77. The minimum atomic E-state index is -3.77. The van der Waals surface area contributed by atoms with Crippen LogP contribution in [0.3, 0.4) is 0 Å². The van der Waals surface area contributed by atoms with E-state index < -0.39 is 33.8 Å². The summed E-state index contributed by atoms with van der Waals surface area (Å²) in [5, 5.41) is 0. The van der Waals surface area contributed by atoms with Crippen LogP contribution in [0, 0.1) is 17.2 Å². The van der Waals surface area contributed by atoms with Gasteiger partial charge < -0.3 is 14.5 Å². The van der Waals surface area contributed by atoms with E-state index in [-0.39, 0.29) is 48.8 Å². The van der Waals surface area contributed by atoms with E-state index >= 15 is 0 Å². The van der Waals surface area contributed by atoms with Crippen LogP contribution in [0.1, 0.15) is 33.6 Å². The molecule has 0 saturated carbocycles. The van der Waals surface area contributed by atoms with Crippen molar-refractivity contribution in [3.63, 3.8) is 0 Å². The molecule has 0 unspecified atom stereocenters. The Morgan fingerprint density at radius 1 is 0.941 bits per heavy atom. The number of nitrogens with zero attached hydrogens (tertiary/aromatic N) is 3. The Kier molecular flexibility index (Phi) is 7.97. The number of amides is 2. The van der Waals surface area contributed by atoms with Crippen LogP contribution in [0.2, 0.25) is 0 Å². The Labute approximate surface area is 199 Å². The Morgan fingerprint density at radius 2 is 1.50 bits per heavy atom. The molecule has 2 saturated heterocycles. The van der Waals surface area contributed by atoms with Crippen LogP contribution in [-0.2, 0) is 29.1 Å². The second-order valence-electron chi connectivity index (χ2n) is 9.66. The summed E-state index contributed by atoms with van der Waals surface area (Å²) in [6.07, 6.45) is 0.990. The predicted molar refractivity (Wildman–Crippen MR) is 121 cm³/mol. The van der Waals surface area contributed by atoms with Gasteiger partial charge in [0.1, 0.15) is 5.82 Å². The third kappa shape index (κ3) is 6.12. The monoisotopic (exact) mass is 497 g/mol. The molecular weight excluding hydrogens is 465 g/mol. The number of hydrogen-bond acceptors (Lipinski definition) is 6. The van der Waals surface area contributed by atoms with Gasteiger partial charge in [-0.3, -0.25) is 14.4 Å². The lowest BCUT2D eigenvalue weighted by Gasteiger charge is -2.35. The standard InChI is InChI=1S/C23H32FN3O6S/c1-23(2,3)22(30)26-10-8-17(9-11-26)21(29)33-16-20(28)25-12-14-27(15-13-25)34(31,32)19-6-4-18(24)5-7-19/h4-7,17H,8-16H2,1-3H3. The molecule has 2 heterocycles. The fourth-order valence-electron chi connectivity index (χ4n) is 4.07. The molecule has 2 amide bonds. The van der Waals surface area contributed by atoms with E-state index in [9.17, 15) is 27.2 Å². The molecule has 0 bridgehead atoms. The van der Waals surface area contributed by atoms with Gasteiger partial charge in [-0.1, -0.05) is 20.8 Å². The average molecular weight is 498 g/mol. The van der Waals surface area contributed by atoms with E-state index in [0.717, 1.165) is 12.1 Å². The maximum Gasteiger partial charge on any atom is 0.309 e. The van der Waals surface area contributed by atoms with Crippen LogP contribution >= 0.6 is 0 Å². The van der Waals surface area contributed by atoms with Crippen molar-refractivity contribution in [3.8, 4) is 0 Å². The Bertz CT molecular complexity index is 1010. The molecule has 3 rings (SSSR count). The number of esters is 1. The first-order valence-corrected chi connectivity index (χ1v) is 12.8. The van der Waals surface area contributed by atoms with Gasteiger partial charge in [0, 0.05) is 44.7 Å². The molecule has 1 aromatic rings. The summed E-state index contributed by atoms with van der Waals surface area (Å²) in [4.78, 5) is 40.5. The fraction of sp³-hybridized carbons (Fsp3) is 0.609. The van der Waals surface area contributed by atoms with Crippen molar-refractivity contribution < 1.29 is 31.9 Å². The molecule has 1 aromatic carbocycles. The van der Waals surface area contributed by atoms with Gasteiger partial charge in [-0.05, 0) is 37.1 Å². The number of sulfonamides is 1. The molecule has 0 aromatic heterocycles. The molecular formula is C23H32FN3O6S. The Morgan fingerprint density at radius 3 is 2.03 bits per heavy atom. The van der Waals surface area contributed by atoms with Crippen molar-refractivity contribution in [3.05, 3.63) is 30.1 Å². The summed E-state index contributed by atoms with van der Waals surface area (Å²) in [6, 6.07) is 4.61. The number of rotatable bonds is 5. The van der Waals surface area contributed by atoms with Crippen LogP contribution in [0.4, 0.5) is 4.39 Å². The number of benzene rings is 1. The molecule has 0 atom stereocenters. The van der Waals surface area contributed by atoms with Crippen LogP contribution in [-0.4, -0.2) is 86.2 Å². The van der Waals surface area contributed by atoms with Crippen molar-refractivity contribution in [1.82, 2.24) is 14.1 Å². The Hall–Kier alpha value is -2.53. The van der Waals surface area contributed by atoms with Crippen LogP contribution in [0.15, 0.2) is 29.2 Å². The first-order valence-electron chi connectivity index (χ1n) is 11.4. The fourth-order valence-corrected chi connectivity index (χ4v) is 5.49. The summed E-state index contributed by atoms with van der Waals surface area (Å²) < 4.78 is 45.0. The maximum atomic E-state index is 13.1. The first-order chi connectivity index (χ1) is 15.9. The van der Waals surface area contributed by atoms with Gasteiger partial charge >= 0.3 is 5.97 Å². The van der Waals surface area contributed by atoms with Crippen molar-refractivity contribution in [2.24, 2.45) is 11.3 Å². The highest BCUT2D eigenvalue weighted by Gasteiger charge is 2.34. The number of ether oxygens (including phenoxy) is 1. The van der Waals surface area contributed by atoms with E-state index in [1.54, 1.807) is 4.90 Å². The molecule has 0 aliphatic carbocycles. The smallest absolute Gasteiger partial charge is 0.309 e. The van der Waals surface area contributed by atoms with Gasteiger partial charge in [0.05, 0.1) is 10.8 Å². The van der Waals surface area contributed by atoms with Gasteiger partial charge in [0.25, 0.3) is 5.91 Å². The van der Waals surface area contributed by atoms with E-state index in [4.69, 9.17) is 4.74 Å². The maximum absolute atomic E-state index is 13.1. The minimum absolute atomic E-state index is 0.00199. The number of carbonyl (C=O) groups excluding carboxylic acids is 3. The SMILES string of the molecule is CC(C)(C)C(=O)N1CCC(C(=O)OCC(=O)N2CCN(S(=O)(=O)c3ccc(F)cc3)CC2)CC1. The molecule has 0 spiro atoms. The second-order valence-corrected chi connectivity index (χ2v) is 11.6. The molecule has 0 radical (unpaired) electrons. The Balaban J connectivity index is 1.43. The summed E-state index contributed by atoms with van der Waals surface area (Å²) in [5.41, 5.74) is -0.470. The molecule has 188 valence electrons. The molecule has 2 fully saturated rings. The quantitative estimate of drug-likeness (QED) is 0.571. The minimum Gasteiger partial charge on any atom is -0.455 e. The zero-order valence-electron chi connectivity index (χ0n) is 19.8. The number of hydrogen-bond donors (Lipinski definition) is 0. The summed E-state index contributed by atoms with van der Waals surface area (Å²) in [5.74, 6) is -1.65. The average Bonchev–Trinajstić information content (AvgIpc) is 2.81. The predicted octanol–water partition coefficient (Wildman–Crippen LogP) is 1.49. The summed E-state index contributed by atoms with van der Waals surface area (Å²) in [6.45, 7) is 6.68. The largest absolute Gasteiger partial charge is 0.455 e. The van der Waals surface area contributed by atoms with E-state index in [2.05, 4.69) is 0 Å². The lowest BCUT2D eigenvalue weighted by atomic mass is 9.91. The van der Waals surface area contributed by atoms with Crippen LogP contribution in [0.25, 0.3) is 0 Å². The second kappa shape index (κ2) is 10.4. The number of piperidine rings is 1. The van der Waals surface area contributed by atoms with E-state index in [1.807, 2.05) is 20.8 Å². The third-order valence-electron chi connectivity index (χ3n) is 6.14.